The van der Waals surface area contributed by atoms with Crippen molar-refractivity contribution in [2.75, 3.05) is 11.9 Å². The van der Waals surface area contributed by atoms with E-state index in [-0.39, 0.29) is 12.0 Å². The molecule has 0 heterocycles. The van der Waals surface area contributed by atoms with Crippen LogP contribution in [-0.2, 0) is 9.59 Å². The van der Waals surface area contributed by atoms with Crippen molar-refractivity contribution in [2.45, 2.75) is 32.8 Å². The van der Waals surface area contributed by atoms with Gasteiger partial charge in [-0.05, 0) is 51.0 Å². The molecule has 0 radical (unpaired) electrons. The number of rotatable bonds is 5. The lowest BCUT2D eigenvalue weighted by Crippen LogP contribution is -2.44. The van der Waals surface area contributed by atoms with E-state index in [0.29, 0.717) is 12.8 Å². The number of hydrogen-bond acceptors (Lipinski definition) is 3. The summed E-state index contributed by atoms with van der Waals surface area (Å²) in [6, 6.07) is 7.25. The predicted octanol–water partition coefficient (Wildman–Crippen LogP) is 2.55. The van der Waals surface area contributed by atoms with Crippen molar-refractivity contribution in [3.8, 4) is 5.75 Å². The van der Waals surface area contributed by atoms with Gasteiger partial charge in [-0.1, -0.05) is 0 Å². The lowest BCUT2D eigenvalue weighted by Gasteiger charge is -2.35. The van der Waals surface area contributed by atoms with Crippen LogP contribution >= 0.6 is 0 Å². The average Bonchev–Trinajstić information content (AvgIpc) is 2.36. The zero-order valence-electron chi connectivity index (χ0n) is 12.6. The monoisotopic (exact) mass is 291 g/mol. The fourth-order valence-electron chi connectivity index (χ4n) is 2.49. The SMILES string of the molecule is CC(C)Oc1ccc(N(C)C(=O)C2CCC2C(=O)O)cc1. The molecule has 1 aromatic rings. The lowest BCUT2D eigenvalue weighted by molar-refractivity contribution is -0.151. The van der Waals surface area contributed by atoms with Crippen molar-refractivity contribution in [3.63, 3.8) is 0 Å². The van der Waals surface area contributed by atoms with Crippen LogP contribution in [0, 0.1) is 11.8 Å². The molecule has 5 nitrogen and oxygen atoms in total. The Kier molecular flexibility index (Phi) is 4.50. The predicted molar refractivity (Wildman–Crippen MR) is 79.5 cm³/mol. The number of carbonyl (C=O) groups is 2. The van der Waals surface area contributed by atoms with Crippen LogP contribution in [0.15, 0.2) is 24.3 Å². The van der Waals surface area contributed by atoms with Gasteiger partial charge in [0.25, 0.3) is 0 Å². The second-order valence-electron chi connectivity index (χ2n) is 5.69. The summed E-state index contributed by atoms with van der Waals surface area (Å²) in [5.41, 5.74) is 0.743. The third kappa shape index (κ3) is 3.35. The molecule has 1 fully saturated rings. The molecule has 5 heteroatoms. The number of hydrogen-bond donors (Lipinski definition) is 1. The number of benzene rings is 1. The Bertz CT molecular complexity index is 524. The number of anilines is 1. The second kappa shape index (κ2) is 6.16. The summed E-state index contributed by atoms with van der Waals surface area (Å²) < 4.78 is 5.56. The van der Waals surface area contributed by atoms with Gasteiger partial charge in [0.1, 0.15) is 5.75 Å². The van der Waals surface area contributed by atoms with Gasteiger partial charge in [0.05, 0.1) is 17.9 Å². The maximum Gasteiger partial charge on any atom is 0.307 e. The highest BCUT2D eigenvalue weighted by molar-refractivity contribution is 5.97. The molecule has 0 spiro atoms. The van der Waals surface area contributed by atoms with Crippen LogP contribution < -0.4 is 9.64 Å². The second-order valence-corrected chi connectivity index (χ2v) is 5.69. The third-order valence-corrected chi connectivity index (χ3v) is 3.84. The Balaban J connectivity index is 2.04. The fraction of sp³-hybridized carbons (Fsp3) is 0.500. The summed E-state index contributed by atoms with van der Waals surface area (Å²) >= 11 is 0. The first-order chi connectivity index (χ1) is 9.90. The van der Waals surface area contributed by atoms with Crippen molar-refractivity contribution in [3.05, 3.63) is 24.3 Å². The molecule has 1 saturated carbocycles. The van der Waals surface area contributed by atoms with Gasteiger partial charge >= 0.3 is 5.97 Å². The molecular weight excluding hydrogens is 270 g/mol. The summed E-state index contributed by atoms with van der Waals surface area (Å²) in [5, 5.41) is 9.04. The quantitative estimate of drug-likeness (QED) is 0.905. The molecule has 1 N–H and O–H groups in total. The molecule has 1 amide bonds. The van der Waals surface area contributed by atoms with Gasteiger partial charge in [0.15, 0.2) is 0 Å². The average molecular weight is 291 g/mol. The minimum atomic E-state index is -0.881. The van der Waals surface area contributed by atoms with Crippen LogP contribution in [0.5, 0.6) is 5.75 Å². The van der Waals surface area contributed by atoms with Crippen molar-refractivity contribution < 1.29 is 19.4 Å². The van der Waals surface area contributed by atoms with Gasteiger partial charge in [-0.25, -0.2) is 0 Å². The highest BCUT2D eigenvalue weighted by Crippen LogP contribution is 2.36. The molecule has 2 rings (SSSR count). The molecule has 114 valence electrons. The molecule has 1 aliphatic rings. The maximum atomic E-state index is 12.3. The van der Waals surface area contributed by atoms with E-state index in [9.17, 15) is 9.59 Å². The lowest BCUT2D eigenvalue weighted by atomic mass is 9.73. The number of carbonyl (C=O) groups excluding carboxylic acids is 1. The molecule has 0 aromatic heterocycles. The fourth-order valence-corrected chi connectivity index (χ4v) is 2.49. The number of carboxylic acids is 1. The Morgan fingerprint density at radius 1 is 1.19 bits per heavy atom. The van der Waals surface area contributed by atoms with E-state index in [1.165, 1.54) is 4.90 Å². The molecular formula is C16H21NO4. The van der Waals surface area contributed by atoms with Crippen LogP contribution in [0.3, 0.4) is 0 Å². The highest BCUT2D eigenvalue weighted by atomic mass is 16.5. The number of carboxylic acid groups (broad SMARTS) is 1. The minimum absolute atomic E-state index is 0.0986. The van der Waals surface area contributed by atoms with Gasteiger partial charge in [0.2, 0.25) is 5.91 Å². The summed E-state index contributed by atoms with van der Waals surface area (Å²) in [7, 11) is 1.68. The van der Waals surface area contributed by atoms with Crippen molar-refractivity contribution in [1.29, 1.82) is 0 Å². The van der Waals surface area contributed by atoms with Crippen LogP contribution in [0.4, 0.5) is 5.69 Å². The summed E-state index contributed by atoms with van der Waals surface area (Å²) in [6.07, 6.45) is 1.33. The van der Waals surface area contributed by atoms with Gasteiger partial charge < -0.3 is 14.7 Å². The zero-order valence-corrected chi connectivity index (χ0v) is 12.6. The smallest absolute Gasteiger partial charge is 0.307 e. The molecule has 1 aromatic carbocycles. The molecule has 2 unspecified atom stereocenters. The normalized spacial score (nSPS) is 20.8. The summed E-state index contributed by atoms with van der Waals surface area (Å²) in [4.78, 5) is 24.9. The number of amides is 1. The van der Waals surface area contributed by atoms with Crippen LogP contribution in [-0.4, -0.2) is 30.1 Å². The Morgan fingerprint density at radius 3 is 2.19 bits per heavy atom. The van der Waals surface area contributed by atoms with Crippen molar-refractivity contribution >= 4 is 17.6 Å². The molecule has 1 aliphatic carbocycles. The molecule has 0 bridgehead atoms. The van der Waals surface area contributed by atoms with E-state index < -0.39 is 17.8 Å². The van der Waals surface area contributed by atoms with Gasteiger partial charge in [-0.3, -0.25) is 9.59 Å². The Hall–Kier alpha value is -2.04. The van der Waals surface area contributed by atoms with E-state index in [2.05, 4.69) is 0 Å². The molecule has 2 atom stereocenters. The largest absolute Gasteiger partial charge is 0.491 e. The zero-order chi connectivity index (χ0) is 15.6. The van der Waals surface area contributed by atoms with Gasteiger partial charge in [-0.15, -0.1) is 0 Å². The first kappa shape index (κ1) is 15.4. The van der Waals surface area contributed by atoms with Crippen molar-refractivity contribution in [2.24, 2.45) is 11.8 Å². The Labute approximate surface area is 124 Å². The van der Waals surface area contributed by atoms with E-state index in [4.69, 9.17) is 9.84 Å². The number of nitrogens with zero attached hydrogens (tertiary/aromatic N) is 1. The molecule has 21 heavy (non-hydrogen) atoms. The van der Waals surface area contributed by atoms with E-state index in [1.807, 2.05) is 38.1 Å². The minimum Gasteiger partial charge on any atom is -0.491 e. The topological polar surface area (TPSA) is 66.8 Å². The molecule has 0 aliphatic heterocycles. The van der Waals surface area contributed by atoms with Crippen molar-refractivity contribution in [1.82, 2.24) is 0 Å². The van der Waals surface area contributed by atoms with Gasteiger partial charge in [0, 0.05) is 12.7 Å². The van der Waals surface area contributed by atoms with E-state index in [1.54, 1.807) is 7.05 Å². The highest BCUT2D eigenvalue weighted by Gasteiger charge is 2.42. The summed E-state index contributed by atoms with van der Waals surface area (Å²) in [6.45, 7) is 3.90. The standard InChI is InChI=1S/C16H21NO4/c1-10(2)21-12-6-4-11(5-7-12)17(3)15(18)13-8-9-14(13)16(19)20/h4-7,10,13-14H,8-9H2,1-3H3,(H,19,20). The van der Waals surface area contributed by atoms with E-state index in [0.717, 1.165) is 11.4 Å². The van der Waals surface area contributed by atoms with Crippen LogP contribution in [0.1, 0.15) is 26.7 Å². The first-order valence-electron chi connectivity index (χ1n) is 7.17. The number of aliphatic carboxylic acids is 1. The molecule has 0 saturated heterocycles. The maximum absolute atomic E-state index is 12.3. The summed E-state index contributed by atoms with van der Waals surface area (Å²) in [5.74, 6) is -1.20. The third-order valence-electron chi connectivity index (χ3n) is 3.84. The Morgan fingerprint density at radius 2 is 1.76 bits per heavy atom. The van der Waals surface area contributed by atoms with Crippen LogP contribution in [0.2, 0.25) is 0 Å². The first-order valence-corrected chi connectivity index (χ1v) is 7.17. The van der Waals surface area contributed by atoms with Crippen LogP contribution in [0.25, 0.3) is 0 Å². The van der Waals surface area contributed by atoms with E-state index >= 15 is 0 Å². The van der Waals surface area contributed by atoms with Gasteiger partial charge in [-0.2, -0.15) is 0 Å². The number of ether oxygens (including phenoxy) is 1.